The van der Waals surface area contributed by atoms with Crippen molar-refractivity contribution in [3.8, 4) is 11.5 Å². The molecular formula is C26H27N3O5S. The maximum atomic E-state index is 8.56. The highest BCUT2D eigenvalue weighted by Gasteiger charge is 2.22. The number of nitrogens with one attached hydrogen (secondary N) is 1. The number of aromatic nitrogens is 2. The van der Waals surface area contributed by atoms with E-state index in [2.05, 4.69) is 41.7 Å². The molecule has 9 heteroatoms. The van der Waals surface area contributed by atoms with E-state index in [9.17, 15) is 0 Å². The summed E-state index contributed by atoms with van der Waals surface area (Å²) in [5.74, 6) is 4.06. The average molecular weight is 494 g/mol. The molecule has 2 aromatic carbocycles. The Balaban J connectivity index is 0.000000591. The normalized spacial score (nSPS) is 15.4. The van der Waals surface area contributed by atoms with Gasteiger partial charge in [0, 0.05) is 22.5 Å². The smallest absolute Gasteiger partial charge is 0.486 e. The molecule has 3 heterocycles. The van der Waals surface area contributed by atoms with Gasteiger partial charge in [0.05, 0.1) is 5.39 Å². The second-order valence-electron chi connectivity index (χ2n) is 8.66. The highest BCUT2D eigenvalue weighted by Crippen LogP contribution is 2.39. The molecule has 1 fully saturated rings. The second kappa shape index (κ2) is 10.4. The summed E-state index contributed by atoms with van der Waals surface area (Å²) in [6, 6.07) is 14.7. The van der Waals surface area contributed by atoms with Crippen molar-refractivity contribution in [2.45, 2.75) is 44.6 Å². The van der Waals surface area contributed by atoms with Gasteiger partial charge in [-0.3, -0.25) is 0 Å². The molecule has 0 atom stereocenters. The number of carboxylic acid groups (broad SMARTS) is 2. The fraction of sp³-hybridized carbons (Fsp3) is 0.346. The molecule has 0 saturated heterocycles. The molecule has 1 saturated carbocycles. The van der Waals surface area contributed by atoms with E-state index in [4.69, 9.17) is 34.4 Å². The van der Waals surface area contributed by atoms with Gasteiger partial charge in [0.2, 0.25) is 0 Å². The van der Waals surface area contributed by atoms with Gasteiger partial charge in [-0.25, -0.2) is 14.8 Å². The number of hydrogen-bond donors (Lipinski definition) is 3. The first kappa shape index (κ1) is 23.2. The van der Waals surface area contributed by atoms with Gasteiger partial charge in [-0.1, -0.05) is 43.5 Å². The molecule has 2 aromatic heterocycles. The van der Waals surface area contributed by atoms with E-state index in [0.29, 0.717) is 25.7 Å². The lowest BCUT2D eigenvalue weighted by Gasteiger charge is -2.21. The minimum absolute atomic E-state index is 0.471. The SMILES string of the molecule is O=C(O)O.c1ccc2c(c1)sc1nc(C3CCCCC3)nc(NCc3ccc4c(c3)OCCO4)c12. The van der Waals surface area contributed by atoms with Crippen molar-refractivity contribution in [3.05, 3.63) is 53.9 Å². The monoisotopic (exact) mass is 493 g/mol. The van der Waals surface area contributed by atoms with Crippen LogP contribution in [0.4, 0.5) is 10.6 Å². The Bertz CT molecular complexity index is 1350. The molecule has 35 heavy (non-hydrogen) atoms. The van der Waals surface area contributed by atoms with Gasteiger partial charge in [-0.2, -0.15) is 0 Å². The van der Waals surface area contributed by atoms with E-state index in [1.165, 1.54) is 42.2 Å². The molecule has 3 N–H and O–H groups in total. The summed E-state index contributed by atoms with van der Waals surface area (Å²) in [6.07, 6.45) is 4.43. The van der Waals surface area contributed by atoms with Crippen LogP contribution >= 0.6 is 11.3 Å². The molecule has 2 aliphatic rings. The lowest BCUT2D eigenvalue weighted by atomic mass is 9.88. The summed E-state index contributed by atoms with van der Waals surface area (Å²) in [7, 11) is 0. The molecule has 0 radical (unpaired) electrons. The Kier molecular flexibility index (Phi) is 6.85. The minimum atomic E-state index is -1.83. The Morgan fingerprint density at radius 3 is 2.54 bits per heavy atom. The van der Waals surface area contributed by atoms with E-state index in [0.717, 1.165) is 38.9 Å². The largest absolute Gasteiger partial charge is 0.503 e. The first-order valence-corrected chi connectivity index (χ1v) is 12.6. The zero-order chi connectivity index (χ0) is 24.2. The van der Waals surface area contributed by atoms with Gasteiger partial charge in [0.15, 0.2) is 11.5 Å². The lowest BCUT2D eigenvalue weighted by Crippen LogP contribution is -2.15. The van der Waals surface area contributed by atoms with E-state index < -0.39 is 6.16 Å². The van der Waals surface area contributed by atoms with E-state index in [1.807, 2.05) is 6.07 Å². The highest BCUT2D eigenvalue weighted by atomic mass is 32.1. The molecule has 0 bridgehead atoms. The first-order chi connectivity index (χ1) is 17.1. The van der Waals surface area contributed by atoms with Crippen LogP contribution in [0.2, 0.25) is 0 Å². The number of fused-ring (bicyclic) bond motifs is 4. The molecule has 182 valence electrons. The minimum Gasteiger partial charge on any atom is -0.486 e. The molecule has 0 spiro atoms. The van der Waals surface area contributed by atoms with Crippen LogP contribution in [0.25, 0.3) is 20.3 Å². The second-order valence-corrected chi connectivity index (χ2v) is 9.69. The number of thiophene rings is 1. The fourth-order valence-corrected chi connectivity index (χ4v) is 5.78. The standard InChI is InChI=1S/C25H25N3O2S.CH2O3/c1-2-6-17(7-3-1)23-27-24(22-18-8-4-5-9-21(18)31-25(22)28-23)26-15-16-10-11-19-20(14-16)30-13-12-29-19;2-1(3)4/h4-5,8-11,14,17H,1-3,6-7,12-13,15H2,(H,26,27,28);(H2,2,3,4). The number of ether oxygens (including phenoxy) is 2. The molecule has 1 aliphatic carbocycles. The molecule has 4 aromatic rings. The third kappa shape index (κ3) is 5.24. The van der Waals surface area contributed by atoms with Gasteiger partial charge >= 0.3 is 6.16 Å². The van der Waals surface area contributed by atoms with Crippen molar-refractivity contribution in [2.75, 3.05) is 18.5 Å². The van der Waals surface area contributed by atoms with Gasteiger partial charge in [0.25, 0.3) is 0 Å². The van der Waals surface area contributed by atoms with E-state index >= 15 is 0 Å². The number of anilines is 1. The summed E-state index contributed by atoms with van der Waals surface area (Å²) in [5, 5.41) is 19.9. The van der Waals surface area contributed by atoms with Crippen LogP contribution in [0.5, 0.6) is 11.5 Å². The first-order valence-electron chi connectivity index (χ1n) is 11.8. The Morgan fingerprint density at radius 1 is 1.00 bits per heavy atom. The van der Waals surface area contributed by atoms with Crippen molar-refractivity contribution in [1.29, 1.82) is 0 Å². The van der Waals surface area contributed by atoms with Crippen LogP contribution in [0.1, 0.15) is 49.4 Å². The Hall–Kier alpha value is -3.59. The molecule has 0 unspecified atom stereocenters. The fourth-order valence-electron chi connectivity index (χ4n) is 4.69. The average Bonchev–Trinajstić information content (AvgIpc) is 3.26. The topological polar surface area (TPSA) is 114 Å². The van der Waals surface area contributed by atoms with Gasteiger partial charge in [-0.05, 0) is 36.6 Å². The zero-order valence-corrected chi connectivity index (χ0v) is 20.0. The highest BCUT2D eigenvalue weighted by molar-refractivity contribution is 7.25. The Morgan fingerprint density at radius 2 is 1.74 bits per heavy atom. The van der Waals surface area contributed by atoms with Crippen LogP contribution < -0.4 is 14.8 Å². The van der Waals surface area contributed by atoms with Crippen LogP contribution in [0.15, 0.2) is 42.5 Å². The molecule has 1 aliphatic heterocycles. The van der Waals surface area contributed by atoms with Crippen LogP contribution in [0, 0.1) is 0 Å². The van der Waals surface area contributed by atoms with Crippen LogP contribution in [-0.2, 0) is 6.54 Å². The van der Waals surface area contributed by atoms with Gasteiger partial charge in [-0.15, -0.1) is 11.3 Å². The maximum absolute atomic E-state index is 8.56. The van der Waals surface area contributed by atoms with Crippen molar-refractivity contribution in [3.63, 3.8) is 0 Å². The van der Waals surface area contributed by atoms with E-state index in [1.54, 1.807) is 11.3 Å². The molecule has 6 rings (SSSR count). The van der Waals surface area contributed by atoms with Crippen molar-refractivity contribution >= 4 is 43.6 Å². The predicted molar refractivity (Wildman–Crippen MR) is 136 cm³/mol. The number of hydrogen-bond acceptors (Lipinski definition) is 7. The summed E-state index contributed by atoms with van der Waals surface area (Å²) in [4.78, 5) is 19.8. The van der Waals surface area contributed by atoms with Crippen LogP contribution in [0.3, 0.4) is 0 Å². The van der Waals surface area contributed by atoms with Crippen molar-refractivity contribution < 1.29 is 24.5 Å². The summed E-state index contributed by atoms with van der Waals surface area (Å²) < 4.78 is 12.7. The molecular weight excluding hydrogens is 466 g/mol. The van der Waals surface area contributed by atoms with Gasteiger partial charge in [0.1, 0.15) is 29.7 Å². The summed E-state index contributed by atoms with van der Waals surface area (Å²) in [5.41, 5.74) is 1.15. The summed E-state index contributed by atoms with van der Waals surface area (Å²) >= 11 is 1.77. The summed E-state index contributed by atoms with van der Waals surface area (Å²) in [6.45, 7) is 1.89. The van der Waals surface area contributed by atoms with Crippen molar-refractivity contribution in [1.82, 2.24) is 9.97 Å². The quantitative estimate of drug-likeness (QED) is 0.295. The van der Waals surface area contributed by atoms with Crippen molar-refractivity contribution in [2.24, 2.45) is 0 Å². The van der Waals surface area contributed by atoms with Crippen LogP contribution in [-0.4, -0.2) is 39.6 Å². The Labute approximate surface area is 206 Å². The third-order valence-electron chi connectivity index (χ3n) is 6.29. The molecule has 0 amide bonds. The lowest BCUT2D eigenvalue weighted by molar-refractivity contribution is 0.137. The number of benzene rings is 2. The molecule has 8 nitrogen and oxygen atoms in total. The number of rotatable bonds is 4. The number of nitrogens with zero attached hydrogens (tertiary/aromatic N) is 2. The third-order valence-corrected chi connectivity index (χ3v) is 7.36. The maximum Gasteiger partial charge on any atom is 0.503 e. The number of carbonyl (C=O) groups is 1. The van der Waals surface area contributed by atoms with Gasteiger partial charge < -0.3 is 25.0 Å². The zero-order valence-electron chi connectivity index (χ0n) is 19.2. The van der Waals surface area contributed by atoms with E-state index in [-0.39, 0.29) is 0 Å². The predicted octanol–water partition coefficient (Wildman–Crippen LogP) is 6.50.